The minimum atomic E-state index is -0.747. The number of imidazole rings is 1. The Labute approximate surface area is 111 Å². The van der Waals surface area contributed by atoms with Crippen LogP contribution in [-0.2, 0) is 25.5 Å². The van der Waals surface area contributed by atoms with Crippen LogP contribution >= 0.6 is 0 Å². The number of methoxy groups -OCH3 is 1. The van der Waals surface area contributed by atoms with E-state index in [1.807, 2.05) is 6.92 Å². The molecule has 106 valence electrons. The third-order valence-corrected chi connectivity index (χ3v) is 2.38. The first-order chi connectivity index (χ1) is 9.17. The second-order valence-electron chi connectivity index (χ2n) is 3.98. The standard InChI is InChI=1S/C12H19N3O4/c1-3-4-19-7-11(16)15-10(12(17)18-2)5-9-6-13-8-14-9/h6,8,10H,3-5,7H2,1-2H3,(H,13,14)(H,15,16)/t10-/m0/s1. The summed E-state index contributed by atoms with van der Waals surface area (Å²) in [6, 6.07) is -0.747. The van der Waals surface area contributed by atoms with E-state index in [0.29, 0.717) is 13.0 Å². The molecule has 1 heterocycles. The van der Waals surface area contributed by atoms with Crippen LogP contribution in [0.4, 0.5) is 0 Å². The highest BCUT2D eigenvalue weighted by molar-refractivity contribution is 5.85. The molecule has 0 saturated carbocycles. The number of nitrogens with one attached hydrogen (secondary N) is 2. The van der Waals surface area contributed by atoms with Crippen LogP contribution in [0, 0.1) is 0 Å². The van der Waals surface area contributed by atoms with Crippen LogP contribution in [-0.4, -0.2) is 48.2 Å². The zero-order valence-corrected chi connectivity index (χ0v) is 11.1. The van der Waals surface area contributed by atoms with Gasteiger partial charge in [-0.25, -0.2) is 9.78 Å². The topological polar surface area (TPSA) is 93.3 Å². The smallest absolute Gasteiger partial charge is 0.328 e. The van der Waals surface area contributed by atoms with E-state index in [-0.39, 0.29) is 12.5 Å². The molecule has 2 N–H and O–H groups in total. The predicted molar refractivity (Wildman–Crippen MR) is 67.3 cm³/mol. The average Bonchev–Trinajstić information content (AvgIpc) is 2.90. The van der Waals surface area contributed by atoms with E-state index >= 15 is 0 Å². The highest BCUT2D eigenvalue weighted by Crippen LogP contribution is 2.00. The van der Waals surface area contributed by atoms with Gasteiger partial charge in [-0.3, -0.25) is 4.79 Å². The van der Waals surface area contributed by atoms with Crippen LogP contribution in [0.2, 0.25) is 0 Å². The molecule has 1 aromatic heterocycles. The second kappa shape index (κ2) is 8.25. The number of ether oxygens (including phenoxy) is 2. The second-order valence-corrected chi connectivity index (χ2v) is 3.98. The molecule has 1 aromatic rings. The Morgan fingerprint density at radius 2 is 2.32 bits per heavy atom. The van der Waals surface area contributed by atoms with Crippen LogP contribution in [0.1, 0.15) is 19.0 Å². The summed E-state index contributed by atoms with van der Waals surface area (Å²) in [6.45, 7) is 2.40. The number of nitrogens with zero attached hydrogens (tertiary/aromatic N) is 1. The van der Waals surface area contributed by atoms with Crippen LogP contribution in [0.3, 0.4) is 0 Å². The fraction of sp³-hybridized carbons (Fsp3) is 0.583. The molecule has 0 aromatic carbocycles. The number of hydrogen-bond acceptors (Lipinski definition) is 5. The number of carbonyl (C=O) groups excluding carboxylic acids is 2. The van der Waals surface area contributed by atoms with Crippen LogP contribution in [0.5, 0.6) is 0 Å². The SMILES string of the molecule is CCCOCC(=O)N[C@@H](Cc1cnc[nH]1)C(=O)OC. The van der Waals surface area contributed by atoms with E-state index in [2.05, 4.69) is 20.0 Å². The minimum Gasteiger partial charge on any atom is -0.467 e. The quantitative estimate of drug-likeness (QED) is 0.513. The van der Waals surface area contributed by atoms with E-state index in [9.17, 15) is 9.59 Å². The number of esters is 1. The Balaban J connectivity index is 2.50. The van der Waals surface area contributed by atoms with Gasteiger partial charge >= 0.3 is 5.97 Å². The largest absolute Gasteiger partial charge is 0.467 e. The third-order valence-electron chi connectivity index (χ3n) is 2.38. The highest BCUT2D eigenvalue weighted by atomic mass is 16.5. The lowest BCUT2D eigenvalue weighted by Crippen LogP contribution is -2.44. The maximum atomic E-state index is 11.6. The summed E-state index contributed by atoms with van der Waals surface area (Å²) in [6.07, 6.45) is 4.24. The van der Waals surface area contributed by atoms with Gasteiger partial charge in [-0.2, -0.15) is 0 Å². The maximum absolute atomic E-state index is 11.6. The van der Waals surface area contributed by atoms with Crippen molar-refractivity contribution in [1.29, 1.82) is 0 Å². The van der Waals surface area contributed by atoms with Gasteiger partial charge in [0.15, 0.2) is 0 Å². The molecule has 0 aliphatic heterocycles. The van der Waals surface area contributed by atoms with E-state index < -0.39 is 12.0 Å². The normalized spacial score (nSPS) is 11.9. The van der Waals surface area contributed by atoms with Crippen molar-refractivity contribution in [3.05, 3.63) is 18.2 Å². The number of carbonyl (C=O) groups is 2. The van der Waals surface area contributed by atoms with Gasteiger partial charge < -0.3 is 19.8 Å². The van der Waals surface area contributed by atoms with Crippen molar-refractivity contribution in [1.82, 2.24) is 15.3 Å². The number of H-pyrrole nitrogens is 1. The molecule has 0 radical (unpaired) electrons. The monoisotopic (exact) mass is 269 g/mol. The van der Waals surface area contributed by atoms with Gasteiger partial charge in [-0.05, 0) is 6.42 Å². The molecule has 1 rings (SSSR count). The lowest BCUT2D eigenvalue weighted by atomic mass is 10.1. The molecule has 1 atom stereocenters. The Bertz CT molecular complexity index is 392. The molecule has 0 bridgehead atoms. The Kier molecular flexibility index (Phi) is 6.59. The summed E-state index contributed by atoms with van der Waals surface area (Å²) < 4.78 is 9.77. The fourth-order valence-electron chi connectivity index (χ4n) is 1.50. The summed E-state index contributed by atoms with van der Waals surface area (Å²) in [7, 11) is 1.28. The summed E-state index contributed by atoms with van der Waals surface area (Å²) in [4.78, 5) is 29.9. The van der Waals surface area contributed by atoms with Crippen LogP contribution < -0.4 is 5.32 Å². The van der Waals surface area contributed by atoms with Crippen molar-refractivity contribution in [3.8, 4) is 0 Å². The third kappa shape index (κ3) is 5.52. The van der Waals surface area contributed by atoms with Gasteiger partial charge in [0.25, 0.3) is 0 Å². The summed E-state index contributed by atoms with van der Waals surface area (Å²) in [5.41, 5.74) is 0.741. The molecule has 0 saturated heterocycles. The first kappa shape index (κ1) is 15.2. The summed E-state index contributed by atoms with van der Waals surface area (Å²) in [5, 5.41) is 2.58. The number of aromatic nitrogens is 2. The van der Waals surface area contributed by atoms with Crippen LogP contribution in [0.25, 0.3) is 0 Å². The average molecular weight is 269 g/mol. The highest BCUT2D eigenvalue weighted by Gasteiger charge is 2.22. The van der Waals surface area contributed by atoms with Crippen molar-refractivity contribution in [3.63, 3.8) is 0 Å². The van der Waals surface area contributed by atoms with Crippen LogP contribution in [0.15, 0.2) is 12.5 Å². The molecule has 1 amide bonds. The van der Waals surface area contributed by atoms with E-state index in [0.717, 1.165) is 12.1 Å². The van der Waals surface area contributed by atoms with E-state index in [4.69, 9.17) is 4.74 Å². The molecule has 0 aliphatic carbocycles. The Hall–Kier alpha value is -1.89. The summed E-state index contributed by atoms with van der Waals surface area (Å²) >= 11 is 0. The van der Waals surface area contributed by atoms with Crippen molar-refractivity contribution in [2.24, 2.45) is 0 Å². The van der Waals surface area contributed by atoms with Gasteiger partial charge in [0.1, 0.15) is 12.6 Å². The molecule has 7 nitrogen and oxygen atoms in total. The minimum absolute atomic E-state index is 0.0652. The zero-order chi connectivity index (χ0) is 14.1. The van der Waals surface area contributed by atoms with Gasteiger partial charge in [0.2, 0.25) is 5.91 Å². The number of amides is 1. The van der Waals surface area contributed by atoms with Crippen molar-refractivity contribution in [2.75, 3.05) is 20.3 Å². The molecule has 0 aliphatic rings. The van der Waals surface area contributed by atoms with E-state index in [1.165, 1.54) is 13.4 Å². The number of rotatable bonds is 8. The molecular weight excluding hydrogens is 250 g/mol. The van der Waals surface area contributed by atoms with Gasteiger partial charge in [0, 0.05) is 24.9 Å². The molecule has 0 fully saturated rings. The lowest BCUT2D eigenvalue weighted by molar-refractivity contribution is -0.145. The Morgan fingerprint density at radius 3 is 2.89 bits per heavy atom. The molecular formula is C12H19N3O4. The zero-order valence-electron chi connectivity index (χ0n) is 11.1. The van der Waals surface area contributed by atoms with Crippen molar-refractivity contribution in [2.45, 2.75) is 25.8 Å². The number of hydrogen-bond donors (Lipinski definition) is 2. The van der Waals surface area contributed by atoms with Crippen molar-refractivity contribution >= 4 is 11.9 Å². The maximum Gasteiger partial charge on any atom is 0.328 e. The first-order valence-electron chi connectivity index (χ1n) is 6.09. The predicted octanol–water partition coefficient (Wildman–Crippen LogP) is 0.0366. The van der Waals surface area contributed by atoms with Crippen molar-refractivity contribution < 1.29 is 19.1 Å². The number of aromatic amines is 1. The molecule has 19 heavy (non-hydrogen) atoms. The summed E-state index contributed by atoms with van der Waals surface area (Å²) in [5.74, 6) is -0.846. The fourth-order valence-corrected chi connectivity index (χ4v) is 1.50. The first-order valence-corrected chi connectivity index (χ1v) is 6.09. The molecule has 0 unspecified atom stereocenters. The van der Waals surface area contributed by atoms with Gasteiger partial charge in [-0.15, -0.1) is 0 Å². The molecule has 7 heteroatoms. The van der Waals surface area contributed by atoms with E-state index in [1.54, 1.807) is 6.20 Å². The molecule has 0 spiro atoms. The Morgan fingerprint density at radius 1 is 1.53 bits per heavy atom. The van der Waals surface area contributed by atoms with Gasteiger partial charge in [-0.1, -0.05) is 6.92 Å². The lowest BCUT2D eigenvalue weighted by Gasteiger charge is -2.15. The van der Waals surface area contributed by atoms with Gasteiger partial charge in [0.05, 0.1) is 13.4 Å².